The van der Waals surface area contributed by atoms with Crippen molar-refractivity contribution >= 4 is 65.4 Å². The van der Waals surface area contributed by atoms with E-state index < -0.39 is 5.56 Å². The fraction of sp³-hybridized carbons (Fsp3) is 0. The number of aromatic nitrogens is 3. The first kappa shape index (κ1) is 23.7. The molecule has 43 heavy (non-hydrogen) atoms. The minimum Gasteiger partial charge on any atom is -0.456 e. The molecule has 0 bridgehead atoms. The van der Waals surface area contributed by atoms with Crippen molar-refractivity contribution < 1.29 is 4.42 Å². The lowest BCUT2D eigenvalue weighted by Crippen LogP contribution is -2.28. The second-order valence-corrected chi connectivity index (χ2v) is 10.7. The van der Waals surface area contributed by atoms with Gasteiger partial charge in [-0.2, -0.15) is 0 Å². The van der Waals surface area contributed by atoms with Gasteiger partial charge in [0.2, 0.25) is 0 Å². The van der Waals surface area contributed by atoms with Crippen molar-refractivity contribution in [1.82, 2.24) is 14.1 Å². The predicted molar refractivity (Wildman–Crippen MR) is 173 cm³/mol. The van der Waals surface area contributed by atoms with Gasteiger partial charge in [-0.1, -0.05) is 54.6 Å². The molecule has 4 aromatic heterocycles. The summed E-state index contributed by atoms with van der Waals surface area (Å²) in [6.45, 7) is 0. The Labute approximate surface area is 243 Å². The van der Waals surface area contributed by atoms with Gasteiger partial charge < -0.3 is 4.42 Å². The van der Waals surface area contributed by atoms with Crippen LogP contribution in [0.3, 0.4) is 0 Å². The molecular formula is C37H21N3O3. The van der Waals surface area contributed by atoms with Crippen molar-refractivity contribution in [3.8, 4) is 11.4 Å². The number of benzene rings is 5. The van der Waals surface area contributed by atoms with Crippen molar-refractivity contribution in [2.45, 2.75) is 0 Å². The monoisotopic (exact) mass is 555 g/mol. The van der Waals surface area contributed by atoms with Gasteiger partial charge in [-0.15, -0.1) is 0 Å². The lowest BCUT2D eigenvalue weighted by molar-refractivity contribution is 0.669. The summed E-state index contributed by atoms with van der Waals surface area (Å²) in [6, 6.07) is 38.6. The predicted octanol–water partition coefficient (Wildman–Crippen LogP) is 7.90. The van der Waals surface area contributed by atoms with Gasteiger partial charge in [0, 0.05) is 33.4 Å². The third-order valence-corrected chi connectivity index (χ3v) is 8.37. The molecule has 0 unspecified atom stereocenters. The molecular weight excluding hydrogens is 534 g/mol. The molecule has 6 nitrogen and oxygen atoms in total. The highest BCUT2D eigenvalue weighted by Crippen LogP contribution is 2.37. The third kappa shape index (κ3) is 3.32. The highest BCUT2D eigenvalue weighted by atomic mass is 16.3. The quantitative estimate of drug-likeness (QED) is 0.217. The van der Waals surface area contributed by atoms with E-state index in [0.717, 1.165) is 44.0 Å². The molecule has 0 aliphatic heterocycles. The van der Waals surface area contributed by atoms with Gasteiger partial charge in [-0.05, 0) is 77.5 Å². The first-order chi connectivity index (χ1) is 21.2. The number of furan rings is 1. The van der Waals surface area contributed by atoms with Gasteiger partial charge in [0.1, 0.15) is 16.8 Å². The fourth-order valence-electron chi connectivity index (χ4n) is 6.44. The van der Waals surface area contributed by atoms with Crippen LogP contribution in [0.1, 0.15) is 0 Å². The van der Waals surface area contributed by atoms with Crippen LogP contribution in [-0.4, -0.2) is 14.1 Å². The van der Waals surface area contributed by atoms with Gasteiger partial charge in [0.15, 0.2) is 0 Å². The van der Waals surface area contributed by atoms with Crippen LogP contribution in [0.2, 0.25) is 0 Å². The van der Waals surface area contributed by atoms with E-state index in [0.29, 0.717) is 32.8 Å². The van der Waals surface area contributed by atoms with E-state index in [-0.39, 0.29) is 5.56 Å². The highest BCUT2D eigenvalue weighted by Gasteiger charge is 2.20. The van der Waals surface area contributed by atoms with E-state index in [1.54, 1.807) is 24.4 Å². The van der Waals surface area contributed by atoms with Gasteiger partial charge in [-0.25, -0.2) is 9.55 Å². The Bertz CT molecular complexity index is 2700. The fourth-order valence-corrected chi connectivity index (χ4v) is 6.44. The van der Waals surface area contributed by atoms with E-state index in [4.69, 9.17) is 9.40 Å². The van der Waals surface area contributed by atoms with Crippen LogP contribution in [0, 0.1) is 0 Å². The third-order valence-electron chi connectivity index (χ3n) is 8.37. The number of nitrogens with zero attached hydrogens (tertiary/aromatic N) is 3. The van der Waals surface area contributed by atoms with E-state index in [1.165, 1.54) is 4.57 Å². The van der Waals surface area contributed by atoms with Crippen molar-refractivity contribution in [3.05, 3.63) is 148 Å². The molecule has 0 N–H and O–H groups in total. The molecule has 0 aliphatic rings. The lowest BCUT2D eigenvalue weighted by atomic mass is 10.0. The van der Waals surface area contributed by atoms with Crippen LogP contribution in [0.5, 0.6) is 0 Å². The highest BCUT2D eigenvalue weighted by molar-refractivity contribution is 6.20. The number of rotatable bonds is 2. The Morgan fingerprint density at radius 1 is 0.465 bits per heavy atom. The van der Waals surface area contributed by atoms with Gasteiger partial charge in [0.25, 0.3) is 11.1 Å². The summed E-state index contributed by atoms with van der Waals surface area (Å²) in [5.41, 5.74) is 3.64. The summed E-state index contributed by atoms with van der Waals surface area (Å²) >= 11 is 0. The molecule has 0 radical (unpaired) electrons. The standard InChI is InChI=1S/C37H21N3O3/c41-36-30-20-32-28(25-15-9-17-38-35(25)39(32)22-10-3-1-4-11-22)18-26(30)27-19-29-24-14-7-8-16-33(24)43-34(29)21-31(27)37(42)40(36)23-12-5-2-6-13-23/h1-21H. The molecule has 5 aromatic carbocycles. The Morgan fingerprint density at radius 2 is 1.07 bits per heavy atom. The van der Waals surface area contributed by atoms with Crippen LogP contribution in [-0.2, 0) is 0 Å². The molecule has 0 saturated carbocycles. The van der Waals surface area contributed by atoms with Gasteiger partial charge in [0.05, 0.1) is 22.0 Å². The van der Waals surface area contributed by atoms with Crippen molar-refractivity contribution in [1.29, 1.82) is 0 Å². The molecule has 4 heterocycles. The van der Waals surface area contributed by atoms with E-state index >= 15 is 0 Å². The molecule has 0 atom stereocenters. The maximum atomic E-state index is 14.5. The maximum absolute atomic E-state index is 14.5. The van der Waals surface area contributed by atoms with Crippen molar-refractivity contribution in [2.75, 3.05) is 0 Å². The average Bonchev–Trinajstić information content (AvgIpc) is 3.56. The Kier molecular flexibility index (Phi) is 4.81. The zero-order chi connectivity index (χ0) is 28.7. The second kappa shape index (κ2) is 8.74. The zero-order valence-electron chi connectivity index (χ0n) is 22.7. The number of para-hydroxylation sites is 3. The van der Waals surface area contributed by atoms with E-state index in [1.807, 2.05) is 103 Å². The lowest BCUT2D eigenvalue weighted by Gasteiger charge is -2.07. The Morgan fingerprint density at radius 3 is 1.81 bits per heavy atom. The molecule has 6 heteroatoms. The molecule has 0 amide bonds. The van der Waals surface area contributed by atoms with Crippen LogP contribution >= 0.6 is 0 Å². The summed E-state index contributed by atoms with van der Waals surface area (Å²) in [6.07, 6.45) is 1.78. The Balaban J connectivity index is 1.56. The van der Waals surface area contributed by atoms with Gasteiger partial charge in [-0.3, -0.25) is 14.2 Å². The second-order valence-electron chi connectivity index (χ2n) is 10.7. The summed E-state index contributed by atoms with van der Waals surface area (Å²) in [4.78, 5) is 33.6. The zero-order valence-corrected chi connectivity index (χ0v) is 22.7. The van der Waals surface area contributed by atoms with Gasteiger partial charge >= 0.3 is 0 Å². The average molecular weight is 556 g/mol. The normalized spacial score (nSPS) is 11.9. The van der Waals surface area contributed by atoms with E-state index in [2.05, 4.69) is 4.57 Å². The van der Waals surface area contributed by atoms with Crippen LogP contribution in [0.15, 0.2) is 142 Å². The number of pyridine rings is 1. The summed E-state index contributed by atoms with van der Waals surface area (Å²) < 4.78 is 9.53. The van der Waals surface area contributed by atoms with E-state index in [9.17, 15) is 9.59 Å². The number of hydrogen-bond donors (Lipinski definition) is 0. The molecule has 0 fully saturated rings. The number of hydrogen-bond acceptors (Lipinski definition) is 4. The van der Waals surface area contributed by atoms with Crippen LogP contribution in [0.25, 0.3) is 76.8 Å². The smallest absolute Gasteiger partial charge is 0.266 e. The SMILES string of the molecule is O=c1c2cc3oc4ccccc4c3cc2c2cc3c4cccnc4n(-c4ccccc4)c3cc2c(=O)n1-c1ccccc1. The first-order valence-electron chi connectivity index (χ1n) is 14.1. The van der Waals surface area contributed by atoms with Crippen molar-refractivity contribution in [3.63, 3.8) is 0 Å². The maximum Gasteiger partial charge on any atom is 0.266 e. The minimum atomic E-state index is -0.396. The topological polar surface area (TPSA) is 70.0 Å². The minimum absolute atomic E-state index is 0.386. The van der Waals surface area contributed by atoms with Crippen LogP contribution in [0.4, 0.5) is 0 Å². The molecule has 9 aromatic rings. The summed E-state index contributed by atoms with van der Waals surface area (Å²) in [5, 5.41) is 5.99. The first-order valence-corrected chi connectivity index (χ1v) is 14.1. The summed E-state index contributed by atoms with van der Waals surface area (Å²) in [5.74, 6) is 0. The summed E-state index contributed by atoms with van der Waals surface area (Å²) in [7, 11) is 0. The number of fused-ring (bicyclic) bond motifs is 9. The van der Waals surface area contributed by atoms with Crippen molar-refractivity contribution in [2.24, 2.45) is 0 Å². The Hall–Kier alpha value is -6.01. The van der Waals surface area contributed by atoms with Crippen LogP contribution < -0.4 is 11.1 Å². The molecule has 0 aliphatic carbocycles. The molecule has 202 valence electrons. The molecule has 9 rings (SSSR count). The largest absolute Gasteiger partial charge is 0.456 e. The molecule has 0 spiro atoms. The molecule has 0 saturated heterocycles.